The van der Waals surface area contributed by atoms with Crippen molar-refractivity contribution in [3.05, 3.63) is 59.7 Å². The van der Waals surface area contributed by atoms with Crippen LogP contribution in [0.5, 0.6) is 0 Å². The third-order valence-electron chi connectivity index (χ3n) is 4.41. The number of primary amides is 1. The molecule has 2 amide bonds. The number of nitrogens with zero attached hydrogens (tertiary/aromatic N) is 1. The van der Waals surface area contributed by atoms with Crippen LogP contribution in [0.1, 0.15) is 28.8 Å². The second-order valence-corrected chi connectivity index (χ2v) is 8.37. The van der Waals surface area contributed by atoms with Gasteiger partial charge in [0.25, 0.3) is 5.91 Å². The number of hydrogen-bond acceptors (Lipinski definition) is 4. The van der Waals surface area contributed by atoms with Gasteiger partial charge in [-0.25, -0.2) is 8.42 Å². The van der Waals surface area contributed by atoms with Crippen molar-refractivity contribution in [3.63, 3.8) is 0 Å². The van der Waals surface area contributed by atoms with Crippen LogP contribution >= 0.6 is 0 Å². The maximum absolute atomic E-state index is 12.5. The summed E-state index contributed by atoms with van der Waals surface area (Å²) < 4.78 is 26.5. The van der Waals surface area contributed by atoms with Crippen LogP contribution in [-0.2, 0) is 21.2 Å². The summed E-state index contributed by atoms with van der Waals surface area (Å²) in [4.78, 5) is 23.4. The van der Waals surface area contributed by atoms with E-state index in [4.69, 9.17) is 5.73 Å². The molecule has 1 heterocycles. The summed E-state index contributed by atoms with van der Waals surface area (Å²) in [5, 5.41) is 2.74. The van der Waals surface area contributed by atoms with Crippen LogP contribution in [0.4, 0.5) is 5.69 Å². The van der Waals surface area contributed by atoms with E-state index in [2.05, 4.69) is 5.32 Å². The third kappa shape index (κ3) is 4.53. The van der Waals surface area contributed by atoms with Crippen LogP contribution in [-0.4, -0.2) is 37.6 Å². The van der Waals surface area contributed by atoms with Crippen molar-refractivity contribution in [1.29, 1.82) is 0 Å². The second kappa shape index (κ2) is 7.89. The molecule has 3 N–H and O–H groups in total. The summed E-state index contributed by atoms with van der Waals surface area (Å²) in [6.07, 6.45) is 1.89. The van der Waals surface area contributed by atoms with Crippen molar-refractivity contribution in [2.45, 2.75) is 24.2 Å². The maximum atomic E-state index is 12.5. The monoisotopic (exact) mass is 387 g/mol. The number of carbonyl (C=O) groups is 2. The van der Waals surface area contributed by atoms with E-state index in [1.54, 1.807) is 24.3 Å². The second-order valence-electron chi connectivity index (χ2n) is 6.43. The highest BCUT2D eigenvalue weighted by Crippen LogP contribution is 2.21. The zero-order valence-corrected chi connectivity index (χ0v) is 15.5. The lowest BCUT2D eigenvalue weighted by Gasteiger charge is -2.15. The molecule has 2 aromatic rings. The van der Waals surface area contributed by atoms with E-state index in [1.165, 1.54) is 28.6 Å². The smallest absolute Gasteiger partial charge is 0.255 e. The molecule has 1 fully saturated rings. The normalized spacial score (nSPS) is 14.8. The number of carbonyl (C=O) groups excluding carboxylic acids is 2. The number of amides is 2. The van der Waals surface area contributed by atoms with Crippen LogP contribution in [0.2, 0.25) is 0 Å². The molecule has 8 heteroatoms. The first-order valence-corrected chi connectivity index (χ1v) is 10.1. The Labute approximate surface area is 158 Å². The SMILES string of the molecule is NC(=O)Cc1ccc(NC(=O)c2ccc(S(=O)(=O)N3CCCC3)cc2)cc1. The number of rotatable bonds is 6. The van der Waals surface area contributed by atoms with E-state index in [9.17, 15) is 18.0 Å². The van der Waals surface area contributed by atoms with Gasteiger partial charge in [0.2, 0.25) is 15.9 Å². The Morgan fingerprint density at radius 3 is 2.11 bits per heavy atom. The molecule has 0 saturated carbocycles. The predicted molar refractivity (Wildman–Crippen MR) is 102 cm³/mol. The Balaban J connectivity index is 1.68. The van der Waals surface area contributed by atoms with Crippen LogP contribution in [0.3, 0.4) is 0 Å². The molecule has 0 radical (unpaired) electrons. The largest absolute Gasteiger partial charge is 0.369 e. The van der Waals surface area contributed by atoms with Gasteiger partial charge in [-0.1, -0.05) is 12.1 Å². The zero-order chi connectivity index (χ0) is 19.4. The van der Waals surface area contributed by atoms with Gasteiger partial charge in [0.05, 0.1) is 11.3 Å². The predicted octanol–water partition coefficient (Wildman–Crippen LogP) is 1.75. The topological polar surface area (TPSA) is 110 Å². The minimum atomic E-state index is -3.49. The molecule has 27 heavy (non-hydrogen) atoms. The zero-order valence-electron chi connectivity index (χ0n) is 14.7. The minimum absolute atomic E-state index is 0.140. The number of hydrogen-bond donors (Lipinski definition) is 2. The van der Waals surface area contributed by atoms with Crippen LogP contribution in [0.15, 0.2) is 53.4 Å². The molecule has 142 valence electrons. The summed E-state index contributed by atoms with van der Waals surface area (Å²) in [5.41, 5.74) is 6.84. The summed E-state index contributed by atoms with van der Waals surface area (Å²) in [6.45, 7) is 1.08. The van der Waals surface area contributed by atoms with Crippen LogP contribution in [0.25, 0.3) is 0 Å². The van der Waals surface area contributed by atoms with Crippen LogP contribution < -0.4 is 11.1 Å². The van der Waals surface area contributed by atoms with Crippen molar-refractivity contribution >= 4 is 27.5 Å². The highest BCUT2D eigenvalue weighted by molar-refractivity contribution is 7.89. The minimum Gasteiger partial charge on any atom is -0.369 e. The Kier molecular flexibility index (Phi) is 5.57. The van der Waals surface area contributed by atoms with Crippen molar-refractivity contribution in [2.24, 2.45) is 5.73 Å². The molecule has 2 aromatic carbocycles. The van der Waals surface area contributed by atoms with E-state index >= 15 is 0 Å². The fourth-order valence-electron chi connectivity index (χ4n) is 2.97. The van der Waals surface area contributed by atoms with Crippen molar-refractivity contribution in [2.75, 3.05) is 18.4 Å². The molecule has 1 aliphatic rings. The quantitative estimate of drug-likeness (QED) is 0.787. The molecule has 0 spiro atoms. The number of sulfonamides is 1. The van der Waals surface area contributed by atoms with Gasteiger partial charge in [0, 0.05) is 24.3 Å². The van der Waals surface area contributed by atoms with E-state index in [-0.39, 0.29) is 17.2 Å². The summed E-state index contributed by atoms with van der Waals surface area (Å²) in [7, 11) is -3.49. The fraction of sp³-hybridized carbons (Fsp3) is 0.263. The van der Waals surface area contributed by atoms with E-state index in [1.807, 2.05) is 0 Å². The number of anilines is 1. The van der Waals surface area contributed by atoms with Crippen molar-refractivity contribution < 1.29 is 18.0 Å². The Bertz CT molecular complexity index is 932. The number of benzene rings is 2. The summed E-state index contributed by atoms with van der Waals surface area (Å²) >= 11 is 0. The third-order valence-corrected chi connectivity index (χ3v) is 6.32. The average molecular weight is 387 g/mol. The van der Waals surface area contributed by atoms with Gasteiger partial charge in [-0.3, -0.25) is 9.59 Å². The van der Waals surface area contributed by atoms with E-state index < -0.39 is 15.9 Å². The maximum Gasteiger partial charge on any atom is 0.255 e. The van der Waals surface area contributed by atoms with E-state index in [0.29, 0.717) is 24.3 Å². The van der Waals surface area contributed by atoms with Gasteiger partial charge >= 0.3 is 0 Å². The first-order chi connectivity index (χ1) is 12.9. The lowest BCUT2D eigenvalue weighted by Crippen LogP contribution is -2.27. The molecule has 0 unspecified atom stereocenters. The lowest BCUT2D eigenvalue weighted by molar-refractivity contribution is -0.117. The fourth-order valence-corrected chi connectivity index (χ4v) is 4.48. The molecule has 7 nitrogen and oxygen atoms in total. The van der Waals surface area contributed by atoms with Crippen LogP contribution in [0, 0.1) is 0 Å². The molecule has 0 aliphatic carbocycles. The molecule has 1 aliphatic heterocycles. The van der Waals surface area contributed by atoms with Gasteiger partial charge in [-0.2, -0.15) is 4.31 Å². The summed E-state index contributed by atoms with van der Waals surface area (Å²) in [5.74, 6) is -0.765. The summed E-state index contributed by atoms with van der Waals surface area (Å²) in [6, 6.07) is 12.7. The van der Waals surface area contributed by atoms with Gasteiger partial charge < -0.3 is 11.1 Å². The van der Waals surface area contributed by atoms with Crippen molar-refractivity contribution in [3.8, 4) is 0 Å². The van der Waals surface area contributed by atoms with Gasteiger partial charge in [-0.15, -0.1) is 0 Å². The Hall–Kier alpha value is -2.71. The molecule has 1 saturated heterocycles. The molecular formula is C19H21N3O4S. The Morgan fingerprint density at radius 2 is 1.56 bits per heavy atom. The number of nitrogens with two attached hydrogens (primary N) is 1. The molecule has 0 aromatic heterocycles. The first-order valence-electron chi connectivity index (χ1n) is 8.65. The van der Waals surface area contributed by atoms with E-state index in [0.717, 1.165) is 18.4 Å². The van der Waals surface area contributed by atoms with Gasteiger partial charge in [0.15, 0.2) is 0 Å². The number of nitrogens with one attached hydrogen (secondary N) is 1. The molecule has 0 bridgehead atoms. The van der Waals surface area contributed by atoms with Gasteiger partial charge in [0.1, 0.15) is 0 Å². The highest BCUT2D eigenvalue weighted by Gasteiger charge is 2.27. The Morgan fingerprint density at radius 1 is 0.963 bits per heavy atom. The molecular weight excluding hydrogens is 366 g/mol. The highest BCUT2D eigenvalue weighted by atomic mass is 32.2. The van der Waals surface area contributed by atoms with Crippen molar-refractivity contribution in [1.82, 2.24) is 4.31 Å². The van der Waals surface area contributed by atoms with Gasteiger partial charge in [-0.05, 0) is 54.8 Å². The standard InChI is InChI=1S/C19H21N3O4S/c20-18(23)13-14-3-7-16(8-4-14)21-19(24)15-5-9-17(10-6-15)27(25,26)22-11-1-2-12-22/h3-10H,1-2,11-13H2,(H2,20,23)(H,21,24). The average Bonchev–Trinajstić information content (AvgIpc) is 3.18. The molecule has 0 atom stereocenters. The molecule has 3 rings (SSSR count). The lowest BCUT2D eigenvalue weighted by atomic mass is 10.1. The first kappa shape index (κ1) is 19.1.